The first kappa shape index (κ1) is 10.0. The van der Waals surface area contributed by atoms with Gasteiger partial charge in [0.15, 0.2) is 5.76 Å². The molecule has 0 aliphatic rings. The summed E-state index contributed by atoms with van der Waals surface area (Å²) >= 11 is 4.81. The average molecular weight is 244 g/mol. The SMILES string of the molecule is S=c1[nH]nc(-c2ccc(-c3ccccc3)o2)o1. The van der Waals surface area contributed by atoms with Crippen molar-refractivity contribution in [3.63, 3.8) is 0 Å². The van der Waals surface area contributed by atoms with Crippen LogP contribution < -0.4 is 0 Å². The summed E-state index contributed by atoms with van der Waals surface area (Å²) in [6.45, 7) is 0. The van der Waals surface area contributed by atoms with Crippen molar-refractivity contribution >= 4 is 12.2 Å². The van der Waals surface area contributed by atoms with Gasteiger partial charge in [-0.15, -0.1) is 5.10 Å². The normalized spacial score (nSPS) is 10.6. The van der Waals surface area contributed by atoms with Crippen LogP contribution in [-0.2, 0) is 0 Å². The highest BCUT2D eigenvalue weighted by molar-refractivity contribution is 7.71. The molecule has 84 valence electrons. The number of hydrogen-bond donors (Lipinski definition) is 1. The molecule has 0 radical (unpaired) electrons. The van der Waals surface area contributed by atoms with E-state index in [1.807, 2.05) is 36.4 Å². The fourth-order valence-corrected chi connectivity index (χ4v) is 1.67. The Morgan fingerprint density at radius 1 is 0.941 bits per heavy atom. The maximum absolute atomic E-state index is 5.65. The van der Waals surface area contributed by atoms with Gasteiger partial charge in [-0.3, -0.25) is 0 Å². The molecule has 0 aliphatic carbocycles. The largest absolute Gasteiger partial charge is 0.451 e. The van der Waals surface area contributed by atoms with Gasteiger partial charge < -0.3 is 8.83 Å². The molecule has 2 heterocycles. The van der Waals surface area contributed by atoms with E-state index >= 15 is 0 Å². The Hall–Kier alpha value is -2.14. The molecule has 0 bridgehead atoms. The van der Waals surface area contributed by atoms with Crippen molar-refractivity contribution < 1.29 is 8.83 Å². The molecule has 3 rings (SSSR count). The molecule has 5 heteroatoms. The van der Waals surface area contributed by atoms with Crippen molar-refractivity contribution in [3.8, 4) is 23.0 Å². The standard InChI is InChI=1S/C12H8N2O2S/c17-12-14-13-11(16-12)10-7-6-9(15-10)8-4-2-1-3-5-8/h1-7H,(H,14,17). The molecular weight excluding hydrogens is 236 g/mol. The number of hydrogen-bond acceptors (Lipinski definition) is 4. The van der Waals surface area contributed by atoms with Gasteiger partial charge in [-0.05, 0) is 24.4 Å². The number of benzene rings is 1. The molecule has 0 fully saturated rings. The van der Waals surface area contributed by atoms with Crippen LogP contribution in [0, 0.1) is 4.84 Å². The van der Waals surface area contributed by atoms with Crippen LogP contribution in [0.1, 0.15) is 0 Å². The van der Waals surface area contributed by atoms with Crippen LogP contribution in [0.25, 0.3) is 23.0 Å². The van der Waals surface area contributed by atoms with E-state index in [2.05, 4.69) is 10.2 Å². The molecule has 1 aromatic carbocycles. The summed E-state index contributed by atoms with van der Waals surface area (Å²) in [5.74, 6) is 1.68. The maximum atomic E-state index is 5.65. The second kappa shape index (κ2) is 4.03. The van der Waals surface area contributed by atoms with Gasteiger partial charge in [-0.1, -0.05) is 30.3 Å². The lowest BCUT2D eigenvalue weighted by Gasteiger charge is -1.94. The van der Waals surface area contributed by atoms with Crippen LogP contribution in [0.4, 0.5) is 0 Å². The van der Waals surface area contributed by atoms with Gasteiger partial charge in [0.25, 0.3) is 10.7 Å². The lowest BCUT2D eigenvalue weighted by molar-refractivity contribution is 0.512. The zero-order valence-corrected chi connectivity index (χ0v) is 9.53. The predicted octanol–water partition coefficient (Wildman–Crippen LogP) is 3.66. The van der Waals surface area contributed by atoms with Gasteiger partial charge in [0.1, 0.15) is 5.76 Å². The average Bonchev–Trinajstić information content (AvgIpc) is 2.98. The fourth-order valence-electron chi connectivity index (χ4n) is 1.55. The zero-order chi connectivity index (χ0) is 11.7. The molecule has 0 aliphatic heterocycles. The minimum atomic E-state index is 0.234. The Balaban J connectivity index is 2.01. The molecule has 3 aromatic rings. The first-order chi connectivity index (χ1) is 8.33. The number of nitrogens with one attached hydrogen (secondary N) is 1. The Morgan fingerprint density at radius 3 is 2.41 bits per heavy atom. The summed E-state index contributed by atoms with van der Waals surface area (Å²) < 4.78 is 10.8. The minimum absolute atomic E-state index is 0.234. The van der Waals surface area contributed by atoms with Crippen molar-refractivity contribution in [2.24, 2.45) is 0 Å². The van der Waals surface area contributed by atoms with Crippen LogP contribution >= 0.6 is 12.2 Å². The first-order valence-electron chi connectivity index (χ1n) is 5.04. The molecule has 1 N–H and O–H groups in total. The topological polar surface area (TPSA) is 55.0 Å². The summed E-state index contributed by atoms with van der Waals surface area (Å²) in [5.41, 5.74) is 1.01. The third kappa shape index (κ3) is 1.92. The van der Waals surface area contributed by atoms with Crippen LogP contribution in [0.15, 0.2) is 51.3 Å². The van der Waals surface area contributed by atoms with Gasteiger partial charge in [-0.25, -0.2) is 5.10 Å². The van der Waals surface area contributed by atoms with E-state index < -0.39 is 0 Å². The summed E-state index contributed by atoms with van der Waals surface area (Å²) in [6.07, 6.45) is 0. The second-order valence-corrected chi connectivity index (χ2v) is 3.82. The Labute approximate surface area is 102 Å². The molecule has 0 spiro atoms. The zero-order valence-electron chi connectivity index (χ0n) is 8.71. The predicted molar refractivity (Wildman–Crippen MR) is 64.8 cm³/mol. The van der Waals surface area contributed by atoms with E-state index in [0.29, 0.717) is 11.7 Å². The minimum Gasteiger partial charge on any atom is -0.451 e. The highest BCUT2D eigenvalue weighted by Crippen LogP contribution is 2.26. The number of aromatic nitrogens is 2. The van der Waals surface area contributed by atoms with Gasteiger partial charge >= 0.3 is 0 Å². The number of furan rings is 1. The molecule has 0 unspecified atom stereocenters. The molecule has 0 saturated carbocycles. The van der Waals surface area contributed by atoms with Crippen molar-refractivity contribution in [2.75, 3.05) is 0 Å². The molecule has 0 saturated heterocycles. The van der Waals surface area contributed by atoms with Crippen LogP contribution in [0.2, 0.25) is 0 Å². The third-order valence-electron chi connectivity index (χ3n) is 2.31. The Kier molecular flexibility index (Phi) is 2.38. The summed E-state index contributed by atoms with van der Waals surface area (Å²) in [5, 5.41) is 6.46. The first-order valence-corrected chi connectivity index (χ1v) is 5.45. The Bertz CT molecular complexity index is 682. The number of nitrogens with zero attached hydrogens (tertiary/aromatic N) is 1. The molecule has 0 atom stereocenters. The van der Waals surface area contributed by atoms with Crippen molar-refractivity contribution in [1.29, 1.82) is 0 Å². The summed E-state index contributed by atoms with van der Waals surface area (Å²) in [6, 6.07) is 13.5. The van der Waals surface area contributed by atoms with E-state index in [1.54, 1.807) is 6.07 Å². The Morgan fingerprint density at radius 2 is 1.71 bits per heavy atom. The van der Waals surface area contributed by atoms with E-state index in [1.165, 1.54) is 0 Å². The molecule has 4 nitrogen and oxygen atoms in total. The van der Waals surface area contributed by atoms with Crippen LogP contribution in [-0.4, -0.2) is 10.2 Å². The number of aromatic amines is 1. The molecule has 0 amide bonds. The summed E-state index contributed by atoms with van der Waals surface area (Å²) in [7, 11) is 0. The summed E-state index contributed by atoms with van der Waals surface area (Å²) in [4.78, 5) is 0.234. The van der Waals surface area contributed by atoms with E-state index in [-0.39, 0.29) is 4.84 Å². The van der Waals surface area contributed by atoms with E-state index in [0.717, 1.165) is 11.3 Å². The maximum Gasteiger partial charge on any atom is 0.284 e. The van der Waals surface area contributed by atoms with Crippen LogP contribution in [0.3, 0.4) is 0 Å². The monoisotopic (exact) mass is 244 g/mol. The van der Waals surface area contributed by atoms with Crippen LogP contribution in [0.5, 0.6) is 0 Å². The third-order valence-corrected chi connectivity index (χ3v) is 2.49. The lowest BCUT2D eigenvalue weighted by atomic mass is 10.2. The van der Waals surface area contributed by atoms with Crippen molar-refractivity contribution in [2.45, 2.75) is 0 Å². The highest BCUT2D eigenvalue weighted by Gasteiger charge is 2.10. The van der Waals surface area contributed by atoms with Gasteiger partial charge in [0.05, 0.1) is 0 Å². The van der Waals surface area contributed by atoms with E-state index in [9.17, 15) is 0 Å². The second-order valence-electron chi connectivity index (χ2n) is 3.45. The number of rotatable bonds is 2. The van der Waals surface area contributed by atoms with Gasteiger partial charge in [0, 0.05) is 5.56 Å². The van der Waals surface area contributed by atoms with Crippen molar-refractivity contribution in [1.82, 2.24) is 10.2 Å². The molecule has 17 heavy (non-hydrogen) atoms. The molecular formula is C12H8N2O2S. The van der Waals surface area contributed by atoms with Gasteiger partial charge in [0.2, 0.25) is 0 Å². The number of H-pyrrole nitrogens is 1. The van der Waals surface area contributed by atoms with E-state index in [4.69, 9.17) is 21.1 Å². The molecule has 2 aromatic heterocycles. The quantitative estimate of drug-likeness (QED) is 0.699. The highest BCUT2D eigenvalue weighted by atomic mass is 32.1. The fraction of sp³-hybridized carbons (Fsp3) is 0. The smallest absolute Gasteiger partial charge is 0.284 e. The van der Waals surface area contributed by atoms with Gasteiger partial charge in [-0.2, -0.15) is 0 Å². The van der Waals surface area contributed by atoms with Crippen molar-refractivity contribution in [3.05, 3.63) is 47.3 Å². The lowest BCUT2D eigenvalue weighted by Crippen LogP contribution is -1.73.